The number of amides is 1. The van der Waals surface area contributed by atoms with Crippen LogP contribution in [-0.2, 0) is 11.2 Å². The van der Waals surface area contributed by atoms with Gasteiger partial charge in [0.05, 0.1) is 13.3 Å². The Balaban J connectivity index is 1.92. The predicted molar refractivity (Wildman–Crippen MR) is 78.2 cm³/mol. The molecule has 22 heavy (non-hydrogen) atoms. The van der Waals surface area contributed by atoms with Crippen molar-refractivity contribution in [3.63, 3.8) is 0 Å². The van der Waals surface area contributed by atoms with E-state index in [4.69, 9.17) is 9.47 Å². The van der Waals surface area contributed by atoms with Crippen LogP contribution in [0.25, 0.3) is 0 Å². The van der Waals surface area contributed by atoms with E-state index in [1.54, 1.807) is 4.90 Å². The second kappa shape index (κ2) is 6.46. The zero-order valence-electron chi connectivity index (χ0n) is 13.4. The van der Waals surface area contributed by atoms with E-state index in [2.05, 4.69) is 9.97 Å². The Hall–Kier alpha value is -1.92. The van der Waals surface area contributed by atoms with Crippen molar-refractivity contribution in [2.24, 2.45) is 5.92 Å². The lowest BCUT2D eigenvalue weighted by molar-refractivity contribution is 0.0288. The van der Waals surface area contributed by atoms with Gasteiger partial charge in [0, 0.05) is 19.5 Å². The Morgan fingerprint density at radius 2 is 2.23 bits per heavy atom. The molecule has 0 saturated carbocycles. The summed E-state index contributed by atoms with van der Waals surface area (Å²) in [6.45, 7) is 6.78. The van der Waals surface area contributed by atoms with Crippen LogP contribution < -0.4 is 4.74 Å². The number of nitrogens with zero attached hydrogens (tertiary/aromatic N) is 3. The molecule has 0 aromatic carbocycles. The van der Waals surface area contributed by atoms with E-state index in [-0.39, 0.29) is 17.9 Å². The summed E-state index contributed by atoms with van der Waals surface area (Å²) >= 11 is 0. The van der Waals surface area contributed by atoms with Gasteiger partial charge in [0.15, 0.2) is 0 Å². The van der Waals surface area contributed by atoms with Crippen LogP contribution in [-0.4, -0.2) is 46.8 Å². The maximum Gasteiger partial charge on any atom is 0.410 e. The highest BCUT2D eigenvalue weighted by Gasteiger charge is 2.30. The topological polar surface area (TPSA) is 64.5 Å². The molecule has 0 N–H and O–H groups in total. The first kappa shape index (κ1) is 16.5. The molecule has 7 heteroatoms. The van der Waals surface area contributed by atoms with Gasteiger partial charge in [0.2, 0.25) is 5.82 Å². The summed E-state index contributed by atoms with van der Waals surface area (Å²) in [5.41, 5.74) is -0.497. The van der Waals surface area contributed by atoms with E-state index in [1.807, 2.05) is 20.8 Å². The lowest BCUT2D eigenvalue weighted by Gasteiger charge is -2.24. The summed E-state index contributed by atoms with van der Waals surface area (Å²) in [7, 11) is 1.37. The van der Waals surface area contributed by atoms with Crippen molar-refractivity contribution >= 4 is 6.09 Å². The van der Waals surface area contributed by atoms with E-state index in [0.717, 1.165) is 12.6 Å². The molecule has 0 bridgehead atoms. The van der Waals surface area contributed by atoms with Gasteiger partial charge >= 0.3 is 6.09 Å². The maximum absolute atomic E-state index is 13.3. The number of methoxy groups -OCH3 is 1. The Morgan fingerprint density at radius 3 is 2.86 bits per heavy atom. The van der Waals surface area contributed by atoms with Crippen molar-refractivity contribution in [1.29, 1.82) is 0 Å². The number of hydrogen-bond acceptors (Lipinski definition) is 5. The number of halogens is 1. The molecular formula is C15H22FN3O3. The number of carbonyl (C=O) groups is 1. The van der Waals surface area contributed by atoms with Crippen LogP contribution in [0, 0.1) is 11.7 Å². The van der Waals surface area contributed by atoms with E-state index < -0.39 is 11.4 Å². The number of ether oxygens (including phenoxy) is 2. The number of aromatic nitrogens is 2. The van der Waals surface area contributed by atoms with Crippen molar-refractivity contribution in [2.75, 3.05) is 20.2 Å². The third-order valence-electron chi connectivity index (χ3n) is 3.36. The molecule has 2 rings (SSSR count). The van der Waals surface area contributed by atoms with Gasteiger partial charge in [-0.15, -0.1) is 0 Å². The number of likely N-dealkylation sites (tertiary alicyclic amines) is 1. The van der Waals surface area contributed by atoms with E-state index in [1.165, 1.54) is 7.11 Å². The zero-order valence-corrected chi connectivity index (χ0v) is 13.4. The maximum atomic E-state index is 13.3. The summed E-state index contributed by atoms with van der Waals surface area (Å²) in [5.74, 6) is 0.136. The largest absolute Gasteiger partial charge is 0.479 e. The van der Waals surface area contributed by atoms with Crippen molar-refractivity contribution in [3.05, 3.63) is 17.8 Å². The zero-order chi connectivity index (χ0) is 16.3. The molecule has 1 aliphatic heterocycles. The molecule has 6 nitrogen and oxygen atoms in total. The Kier molecular flexibility index (Phi) is 4.83. The number of hydrogen-bond donors (Lipinski definition) is 0. The number of rotatable bonds is 3. The number of carbonyl (C=O) groups excluding carboxylic acids is 1. The lowest BCUT2D eigenvalue weighted by Crippen LogP contribution is -2.35. The van der Waals surface area contributed by atoms with Crippen molar-refractivity contribution < 1.29 is 18.7 Å². The second-order valence-corrected chi connectivity index (χ2v) is 6.43. The van der Waals surface area contributed by atoms with Crippen LogP contribution in [0.2, 0.25) is 0 Å². The summed E-state index contributed by atoms with van der Waals surface area (Å²) in [6, 6.07) is 0. The monoisotopic (exact) mass is 311 g/mol. The van der Waals surface area contributed by atoms with Crippen molar-refractivity contribution in [3.8, 4) is 5.88 Å². The fourth-order valence-corrected chi connectivity index (χ4v) is 2.38. The van der Waals surface area contributed by atoms with Gasteiger partial charge < -0.3 is 14.4 Å². The quantitative estimate of drug-likeness (QED) is 0.858. The van der Waals surface area contributed by atoms with E-state index in [0.29, 0.717) is 25.3 Å². The lowest BCUT2D eigenvalue weighted by atomic mass is 10.0. The molecule has 2 heterocycles. The van der Waals surface area contributed by atoms with Crippen molar-refractivity contribution in [2.45, 2.75) is 39.2 Å². The first-order chi connectivity index (χ1) is 10.3. The Morgan fingerprint density at radius 1 is 1.50 bits per heavy atom. The van der Waals surface area contributed by atoms with Crippen LogP contribution >= 0.6 is 0 Å². The molecule has 0 radical (unpaired) electrons. The molecule has 1 aromatic heterocycles. The van der Waals surface area contributed by atoms with Gasteiger partial charge in [-0.2, -0.15) is 9.37 Å². The van der Waals surface area contributed by atoms with Gasteiger partial charge in [-0.3, -0.25) is 0 Å². The van der Waals surface area contributed by atoms with Crippen LogP contribution in [0.4, 0.5) is 9.18 Å². The standard InChI is InChI=1S/C15H22FN3O3/c1-15(2,3)22-14(20)19-6-5-10(9-19)7-12-17-8-11(16)13(18-12)21-4/h8,10H,5-7,9H2,1-4H3/t10-/m0/s1. The van der Waals surface area contributed by atoms with Crippen LogP contribution in [0.3, 0.4) is 0 Å². The minimum Gasteiger partial charge on any atom is -0.479 e. The predicted octanol–water partition coefficient (Wildman–Crippen LogP) is 2.42. The van der Waals surface area contributed by atoms with Crippen LogP contribution in [0.1, 0.15) is 33.0 Å². The molecule has 0 spiro atoms. The summed E-state index contributed by atoms with van der Waals surface area (Å²) in [6.07, 6.45) is 2.24. The summed E-state index contributed by atoms with van der Waals surface area (Å²) in [4.78, 5) is 21.7. The van der Waals surface area contributed by atoms with Crippen molar-refractivity contribution in [1.82, 2.24) is 14.9 Å². The highest BCUT2D eigenvalue weighted by molar-refractivity contribution is 5.68. The molecule has 1 aliphatic rings. The molecule has 1 saturated heterocycles. The average Bonchev–Trinajstić information content (AvgIpc) is 2.87. The highest BCUT2D eigenvalue weighted by Crippen LogP contribution is 2.22. The molecule has 122 valence electrons. The Bertz CT molecular complexity index is 545. The normalized spacial score (nSPS) is 18.4. The molecule has 1 atom stereocenters. The summed E-state index contributed by atoms with van der Waals surface area (Å²) in [5, 5.41) is 0. The van der Waals surface area contributed by atoms with Gasteiger partial charge in [-0.1, -0.05) is 0 Å². The molecule has 1 amide bonds. The molecule has 1 aromatic rings. The van der Waals surface area contributed by atoms with Gasteiger partial charge in [-0.05, 0) is 33.1 Å². The molecular weight excluding hydrogens is 289 g/mol. The van der Waals surface area contributed by atoms with E-state index >= 15 is 0 Å². The summed E-state index contributed by atoms with van der Waals surface area (Å²) < 4.78 is 23.5. The smallest absolute Gasteiger partial charge is 0.410 e. The van der Waals surface area contributed by atoms with Gasteiger partial charge in [-0.25, -0.2) is 9.78 Å². The first-order valence-electron chi connectivity index (χ1n) is 7.32. The van der Waals surface area contributed by atoms with Crippen LogP contribution in [0.15, 0.2) is 6.20 Å². The molecule has 0 aliphatic carbocycles. The van der Waals surface area contributed by atoms with E-state index in [9.17, 15) is 9.18 Å². The first-order valence-corrected chi connectivity index (χ1v) is 7.32. The third kappa shape index (κ3) is 4.29. The molecule has 0 unspecified atom stereocenters. The third-order valence-corrected chi connectivity index (χ3v) is 3.36. The fraction of sp³-hybridized carbons (Fsp3) is 0.667. The van der Waals surface area contributed by atoms with Crippen LogP contribution in [0.5, 0.6) is 5.88 Å². The van der Waals surface area contributed by atoms with Gasteiger partial charge in [0.1, 0.15) is 11.4 Å². The minimum absolute atomic E-state index is 0.0491. The SMILES string of the molecule is COc1nc(C[C@@H]2CCN(C(=O)OC(C)(C)C)C2)ncc1F. The Labute approximate surface area is 129 Å². The second-order valence-electron chi connectivity index (χ2n) is 6.43. The minimum atomic E-state index is -0.576. The fourth-order valence-electron chi connectivity index (χ4n) is 2.38. The molecule has 1 fully saturated rings. The average molecular weight is 311 g/mol. The highest BCUT2D eigenvalue weighted by atomic mass is 19.1. The van der Waals surface area contributed by atoms with Gasteiger partial charge in [0.25, 0.3) is 5.88 Å².